The molecule has 0 aromatic carbocycles. The first-order chi connectivity index (χ1) is 5.85. The van der Waals surface area contributed by atoms with E-state index in [1.54, 1.807) is 0 Å². The number of halogens is 2. The summed E-state index contributed by atoms with van der Waals surface area (Å²) >= 11 is 0. The normalized spacial score (nSPS) is 27.4. The Labute approximate surface area is 75.0 Å². The monoisotopic (exact) mass is 212 g/mol. The van der Waals surface area contributed by atoms with Crippen LogP contribution in [0.5, 0.6) is 0 Å². The Kier molecular flexibility index (Phi) is 2.70. The second-order valence-electron chi connectivity index (χ2n) is 3.35. The van der Waals surface area contributed by atoms with Gasteiger partial charge >= 0.3 is 5.92 Å². The molecule has 0 saturated carbocycles. The number of carbonyl (C=O) groups excluding carboxylic acids is 1. The molecular weight excluding hydrogens is 202 g/mol. The largest absolute Gasteiger partial charge is 0.302 e. The maximum absolute atomic E-state index is 12.5. The van der Waals surface area contributed by atoms with E-state index in [4.69, 9.17) is 0 Å². The van der Waals surface area contributed by atoms with Crippen molar-refractivity contribution >= 4 is 16.1 Å². The average molecular weight is 212 g/mol. The maximum atomic E-state index is 12.5. The first kappa shape index (κ1) is 10.6. The predicted octanol–water partition coefficient (Wildman–Crippen LogP) is 0.645. The van der Waals surface area contributed by atoms with Crippen LogP contribution in [0.15, 0.2) is 0 Å². The van der Waals surface area contributed by atoms with Gasteiger partial charge in [0.1, 0.15) is 0 Å². The number of sulfone groups is 1. The van der Waals surface area contributed by atoms with Gasteiger partial charge in [0.2, 0.25) is 0 Å². The molecule has 1 heterocycles. The van der Waals surface area contributed by atoms with Crippen molar-refractivity contribution in [3.63, 3.8) is 0 Å². The molecule has 1 atom stereocenters. The van der Waals surface area contributed by atoms with Crippen LogP contribution in [0, 0.1) is 5.92 Å². The molecule has 3 nitrogen and oxygen atoms in total. The van der Waals surface area contributed by atoms with Crippen LogP contribution in [0.2, 0.25) is 0 Å². The van der Waals surface area contributed by atoms with Crippen LogP contribution in [0.3, 0.4) is 0 Å². The van der Waals surface area contributed by atoms with E-state index < -0.39 is 34.4 Å². The molecule has 1 aliphatic heterocycles. The Morgan fingerprint density at radius 3 is 2.46 bits per heavy atom. The summed E-state index contributed by atoms with van der Waals surface area (Å²) in [5, 5.41) is 0. The fraction of sp³-hybridized carbons (Fsp3) is 0.857. The lowest BCUT2D eigenvalue weighted by molar-refractivity contribution is -0.131. The highest BCUT2D eigenvalue weighted by atomic mass is 32.2. The van der Waals surface area contributed by atoms with E-state index in [-0.39, 0.29) is 17.9 Å². The summed E-state index contributed by atoms with van der Waals surface area (Å²) in [5.41, 5.74) is 0. The van der Waals surface area contributed by atoms with Crippen molar-refractivity contribution in [3.05, 3.63) is 0 Å². The molecule has 0 spiro atoms. The lowest BCUT2D eigenvalue weighted by Crippen LogP contribution is -2.23. The minimum Gasteiger partial charge on any atom is -0.297 e. The third-order valence-corrected chi connectivity index (χ3v) is 3.90. The van der Waals surface area contributed by atoms with Gasteiger partial charge in [-0.25, -0.2) is 8.42 Å². The standard InChI is InChI=1S/C7H10F2O3S/c8-7(9,5-10)3-6-1-2-13(11,12)4-6/h5-6H,1-4H2. The van der Waals surface area contributed by atoms with Crippen LogP contribution in [-0.4, -0.2) is 32.1 Å². The molecule has 1 rings (SSSR count). The van der Waals surface area contributed by atoms with Gasteiger partial charge in [-0.05, 0) is 12.3 Å². The Balaban J connectivity index is 2.54. The molecule has 0 bridgehead atoms. The summed E-state index contributed by atoms with van der Waals surface area (Å²) < 4.78 is 46.8. The fourth-order valence-electron chi connectivity index (χ4n) is 1.47. The zero-order chi connectivity index (χ0) is 10.1. The number of alkyl halides is 2. The van der Waals surface area contributed by atoms with Gasteiger partial charge < -0.3 is 0 Å². The fourth-order valence-corrected chi connectivity index (χ4v) is 3.33. The van der Waals surface area contributed by atoms with Crippen molar-refractivity contribution in [2.24, 2.45) is 5.92 Å². The molecule has 13 heavy (non-hydrogen) atoms. The van der Waals surface area contributed by atoms with Gasteiger partial charge in [-0.1, -0.05) is 0 Å². The van der Waals surface area contributed by atoms with E-state index in [0.29, 0.717) is 0 Å². The Bertz CT molecular complexity index is 297. The van der Waals surface area contributed by atoms with E-state index in [0.717, 1.165) is 0 Å². The third-order valence-electron chi connectivity index (χ3n) is 2.06. The molecule has 6 heteroatoms. The number of rotatable bonds is 3. The maximum Gasteiger partial charge on any atom is 0.302 e. The van der Waals surface area contributed by atoms with Crippen LogP contribution >= 0.6 is 0 Å². The minimum absolute atomic E-state index is 0.0351. The SMILES string of the molecule is O=CC(F)(F)CC1CCS(=O)(=O)C1. The summed E-state index contributed by atoms with van der Waals surface area (Å²) in [6.07, 6.45) is -0.820. The first-order valence-electron chi connectivity index (χ1n) is 3.89. The molecule has 1 fully saturated rings. The average Bonchev–Trinajstić information content (AvgIpc) is 2.29. The zero-order valence-electron chi connectivity index (χ0n) is 6.87. The van der Waals surface area contributed by atoms with Crippen molar-refractivity contribution in [2.75, 3.05) is 11.5 Å². The molecule has 76 valence electrons. The summed E-state index contributed by atoms with van der Waals surface area (Å²) in [7, 11) is -3.13. The van der Waals surface area contributed by atoms with E-state index in [9.17, 15) is 22.0 Å². The highest BCUT2D eigenvalue weighted by Crippen LogP contribution is 2.29. The van der Waals surface area contributed by atoms with E-state index in [2.05, 4.69) is 0 Å². The topological polar surface area (TPSA) is 51.2 Å². The summed E-state index contributed by atoms with van der Waals surface area (Å²) in [4.78, 5) is 9.88. The van der Waals surface area contributed by atoms with Gasteiger partial charge in [0.25, 0.3) is 0 Å². The molecule has 1 aliphatic rings. The summed E-state index contributed by atoms with van der Waals surface area (Å²) in [5.74, 6) is -4.18. The van der Waals surface area contributed by atoms with Crippen LogP contribution in [0.4, 0.5) is 8.78 Å². The predicted molar refractivity (Wildman–Crippen MR) is 42.4 cm³/mol. The number of carbonyl (C=O) groups is 1. The highest BCUT2D eigenvalue weighted by molar-refractivity contribution is 7.91. The molecular formula is C7H10F2O3S. The van der Waals surface area contributed by atoms with Crippen molar-refractivity contribution < 1.29 is 22.0 Å². The lowest BCUT2D eigenvalue weighted by atomic mass is 10.0. The van der Waals surface area contributed by atoms with Crippen molar-refractivity contribution in [2.45, 2.75) is 18.8 Å². The molecule has 1 saturated heterocycles. The Morgan fingerprint density at radius 1 is 1.46 bits per heavy atom. The summed E-state index contributed by atoms with van der Waals surface area (Å²) in [6.45, 7) is 0. The van der Waals surface area contributed by atoms with Gasteiger partial charge in [0.15, 0.2) is 16.1 Å². The number of aldehydes is 1. The summed E-state index contributed by atoms with van der Waals surface area (Å²) in [6, 6.07) is 0. The quantitative estimate of drug-likeness (QED) is 0.645. The second-order valence-corrected chi connectivity index (χ2v) is 5.58. The van der Waals surface area contributed by atoms with Crippen molar-refractivity contribution in [1.29, 1.82) is 0 Å². The molecule has 0 N–H and O–H groups in total. The first-order valence-corrected chi connectivity index (χ1v) is 5.71. The Morgan fingerprint density at radius 2 is 2.08 bits per heavy atom. The third kappa shape index (κ3) is 3.02. The molecule has 1 unspecified atom stereocenters. The van der Waals surface area contributed by atoms with Gasteiger partial charge in [-0.2, -0.15) is 8.78 Å². The van der Waals surface area contributed by atoms with Crippen LogP contribution in [0.1, 0.15) is 12.8 Å². The second kappa shape index (κ2) is 3.32. The van der Waals surface area contributed by atoms with E-state index in [1.165, 1.54) is 0 Å². The molecule has 0 aliphatic carbocycles. The Hall–Kier alpha value is -0.520. The van der Waals surface area contributed by atoms with Crippen molar-refractivity contribution in [3.8, 4) is 0 Å². The highest BCUT2D eigenvalue weighted by Gasteiger charge is 2.37. The van der Waals surface area contributed by atoms with Crippen LogP contribution in [0.25, 0.3) is 0 Å². The molecule has 0 aromatic heterocycles. The van der Waals surface area contributed by atoms with Gasteiger partial charge in [-0.15, -0.1) is 0 Å². The van der Waals surface area contributed by atoms with Gasteiger partial charge in [0, 0.05) is 6.42 Å². The van der Waals surface area contributed by atoms with Crippen LogP contribution in [-0.2, 0) is 14.6 Å². The number of hydrogen-bond donors (Lipinski definition) is 0. The van der Waals surface area contributed by atoms with Crippen LogP contribution < -0.4 is 0 Å². The lowest BCUT2D eigenvalue weighted by Gasteiger charge is -2.12. The zero-order valence-corrected chi connectivity index (χ0v) is 7.69. The van der Waals surface area contributed by atoms with Crippen molar-refractivity contribution in [1.82, 2.24) is 0 Å². The van der Waals surface area contributed by atoms with Gasteiger partial charge in [0.05, 0.1) is 11.5 Å². The molecule has 0 aromatic rings. The minimum atomic E-state index is -3.37. The van der Waals surface area contributed by atoms with E-state index >= 15 is 0 Å². The van der Waals surface area contributed by atoms with Gasteiger partial charge in [-0.3, -0.25) is 4.79 Å². The molecule has 0 amide bonds. The van der Waals surface area contributed by atoms with E-state index in [1.807, 2.05) is 0 Å². The smallest absolute Gasteiger partial charge is 0.297 e. The number of hydrogen-bond acceptors (Lipinski definition) is 3. The molecule has 0 radical (unpaired) electrons.